The van der Waals surface area contributed by atoms with E-state index in [-0.39, 0.29) is 11.2 Å². The first-order valence-electron chi connectivity index (χ1n) is 10.4. The van der Waals surface area contributed by atoms with E-state index in [1.807, 2.05) is 53.0 Å². The zero-order chi connectivity index (χ0) is 22.0. The van der Waals surface area contributed by atoms with Crippen LogP contribution >= 0.6 is 0 Å². The Hall–Kier alpha value is -3.09. The monoisotopic (exact) mass is 410 g/mol. The Morgan fingerprint density at radius 2 is 1.67 bits per heavy atom. The number of aryl methyl sites for hydroxylation is 4. The van der Waals surface area contributed by atoms with Crippen LogP contribution in [0.4, 0.5) is 0 Å². The molecule has 0 saturated heterocycles. The summed E-state index contributed by atoms with van der Waals surface area (Å²) in [4.78, 5) is 30.6. The SMILES string of the molecule is CCCn1c(=O)c2c(nc(C=Cc3cc(C)c(OC)cc3C)n2C)n(CCC)c1=O. The molecule has 0 N–H and O–H groups in total. The fourth-order valence-corrected chi connectivity index (χ4v) is 3.75. The predicted molar refractivity (Wildman–Crippen MR) is 121 cm³/mol. The van der Waals surface area contributed by atoms with Crippen molar-refractivity contribution in [3.05, 3.63) is 55.5 Å². The lowest BCUT2D eigenvalue weighted by Crippen LogP contribution is -2.40. The minimum atomic E-state index is -0.286. The van der Waals surface area contributed by atoms with Crippen molar-refractivity contribution < 1.29 is 4.74 Å². The Morgan fingerprint density at radius 1 is 1.00 bits per heavy atom. The highest BCUT2D eigenvalue weighted by atomic mass is 16.5. The molecule has 0 saturated carbocycles. The van der Waals surface area contributed by atoms with Crippen LogP contribution in [0.15, 0.2) is 21.7 Å². The molecule has 7 heteroatoms. The molecule has 0 spiro atoms. The van der Waals surface area contributed by atoms with E-state index in [9.17, 15) is 9.59 Å². The van der Waals surface area contributed by atoms with Crippen LogP contribution in [0, 0.1) is 13.8 Å². The fourth-order valence-electron chi connectivity index (χ4n) is 3.75. The quantitative estimate of drug-likeness (QED) is 0.598. The van der Waals surface area contributed by atoms with E-state index >= 15 is 0 Å². The molecule has 0 unspecified atom stereocenters. The molecule has 30 heavy (non-hydrogen) atoms. The first-order chi connectivity index (χ1) is 14.3. The molecule has 0 aliphatic rings. The van der Waals surface area contributed by atoms with Crippen LogP contribution in [0.25, 0.3) is 23.3 Å². The molecular weight excluding hydrogens is 380 g/mol. The van der Waals surface area contributed by atoms with Crippen LogP contribution in [0.3, 0.4) is 0 Å². The van der Waals surface area contributed by atoms with Crippen molar-refractivity contribution in [2.24, 2.45) is 7.05 Å². The lowest BCUT2D eigenvalue weighted by Gasteiger charge is -2.10. The second-order valence-corrected chi connectivity index (χ2v) is 7.60. The summed E-state index contributed by atoms with van der Waals surface area (Å²) in [6, 6.07) is 4.07. The van der Waals surface area contributed by atoms with Crippen LogP contribution in [-0.4, -0.2) is 25.8 Å². The molecule has 160 valence electrons. The van der Waals surface area contributed by atoms with Gasteiger partial charge in [-0.25, -0.2) is 9.78 Å². The van der Waals surface area contributed by atoms with Gasteiger partial charge in [0.2, 0.25) is 0 Å². The summed E-state index contributed by atoms with van der Waals surface area (Å²) in [6.45, 7) is 8.92. The molecule has 0 aliphatic carbocycles. The smallest absolute Gasteiger partial charge is 0.332 e. The lowest BCUT2D eigenvalue weighted by atomic mass is 10.0. The number of hydrogen-bond acceptors (Lipinski definition) is 4. The van der Waals surface area contributed by atoms with Crippen molar-refractivity contribution in [1.29, 1.82) is 0 Å². The van der Waals surface area contributed by atoms with E-state index < -0.39 is 0 Å². The molecule has 0 aliphatic heterocycles. The first kappa shape index (κ1) is 21.6. The van der Waals surface area contributed by atoms with Gasteiger partial charge in [0.05, 0.1) is 7.11 Å². The second-order valence-electron chi connectivity index (χ2n) is 7.60. The first-order valence-corrected chi connectivity index (χ1v) is 10.4. The fraction of sp³-hybridized carbons (Fsp3) is 0.435. The minimum absolute atomic E-state index is 0.282. The molecule has 3 aromatic rings. The van der Waals surface area contributed by atoms with Gasteiger partial charge in [0, 0.05) is 20.1 Å². The largest absolute Gasteiger partial charge is 0.496 e. The number of benzene rings is 1. The summed E-state index contributed by atoms with van der Waals surface area (Å²) in [5.74, 6) is 1.49. The van der Waals surface area contributed by atoms with Gasteiger partial charge >= 0.3 is 5.69 Å². The predicted octanol–water partition coefficient (Wildman–Crippen LogP) is 3.51. The summed E-state index contributed by atoms with van der Waals surface area (Å²) in [5, 5.41) is 0. The summed E-state index contributed by atoms with van der Waals surface area (Å²) in [6.07, 6.45) is 5.37. The molecule has 2 heterocycles. The van der Waals surface area contributed by atoms with Crippen LogP contribution in [0.2, 0.25) is 0 Å². The van der Waals surface area contributed by atoms with Crippen LogP contribution in [-0.2, 0) is 20.1 Å². The Labute approximate surface area is 176 Å². The maximum absolute atomic E-state index is 13.0. The molecule has 2 aromatic heterocycles. The molecule has 0 bridgehead atoms. The van der Waals surface area contributed by atoms with Gasteiger partial charge in [0.25, 0.3) is 5.56 Å². The van der Waals surface area contributed by atoms with E-state index in [0.717, 1.165) is 28.9 Å². The van der Waals surface area contributed by atoms with E-state index in [4.69, 9.17) is 4.74 Å². The van der Waals surface area contributed by atoms with Crippen molar-refractivity contribution in [2.45, 2.75) is 53.6 Å². The molecule has 7 nitrogen and oxygen atoms in total. The average molecular weight is 411 g/mol. The third kappa shape index (κ3) is 3.72. The van der Waals surface area contributed by atoms with Gasteiger partial charge in [-0.2, -0.15) is 0 Å². The highest BCUT2D eigenvalue weighted by Gasteiger charge is 2.18. The topological polar surface area (TPSA) is 71.1 Å². The van der Waals surface area contributed by atoms with Gasteiger partial charge in [-0.05, 0) is 61.6 Å². The molecule has 0 atom stereocenters. The summed E-state index contributed by atoms with van der Waals surface area (Å²) in [5.41, 5.74) is 3.52. The third-order valence-corrected chi connectivity index (χ3v) is 5.37. The van der Waals surface area contributed by atoms with Crippen molar-refractivity contribution >= 4 is 23.3 Å². The number of hydrogen-bond donors (Lipinski definition) is 0. The van der Waals surface area contributed by atoms with Crippen molar-refractivity contribution in [3.63, 3.8) is 0 Å². The lowest BCUT2D eigenvalue weighted by molar-refractivity contribution is 0.411. The number of imidazole rings is 1. The zero-order valence-electron chi connectivity index (χ0n) is 18.7. The molecule has 0 fully saturated rings. The Balaban J connectivity index is 2.18. The summed E-state index contributed by atoms with van der Waals surface area (Å²) >= 11 is 0. The van der Waals surface area contributed by atoms with Gasteiger partial charge in [0.15, 0.2) is 11.2 Å². The number of methoxy groups -OCH3 is 1. The highest BCUT2D eigenvalue weighted by Crippen LogP contribution is 2.24. The van der Waals surface area contributed by atoms with Crippen LogP contribution in [0.5, 0.6) is 5.75 Å². The highest BCUT2D eigenvalue weighted by molar-refractivity contribution is 5.77. The average Bonchev–Trinajstić information content (AvgIpc) is 3.05. The Morgan fingerprint density at radius 3 is 2.30 bits per heavy atom. The van der Waals surface area contributed by atoms with Gasteiger partial charge < -0.3 is 9.30 Å². The third-order valence-electron chi connectivity index (χ3n) is 5.37. The van der Waals surface area contributed by atoms with Gasteiger partial charge in [-0.1, -0.05) is 19.9 Å². The van der Waals surface area contributed by atoms with Crippen LogP contribution in [0.1, 0.15) is 49.2 Å². The number of aromatic nitrogens is 4. The summed E-state index contributed by atoms with van der Waals surface area (Å²) < 4.78 is 10.1. The molecule has 3 rings (SSSR count). The van der Waals surface area contributed by atoms with Gasteiger partial charge in [-0.3, -0.25) is 13.9 Å². The molecular formula is C23H30N4O3. The summed E-state index contributed by atoms with van der Waals surface area (Å²) in [7, 11) is 3.48. The number of fused-ring (bicyclic) bond motifs is 1. The van der Waals surface area contributed by atoms with E-state index in [1.165, 1.54) is 4.57 Å². The van der Waals surface area contributed by atoms with Crippen LogP contribution < -0.4 is 16.0 Å². The molecule has 0 radical (unpaired) electrons. The Bertz CT molecular complexity index is 1230. The van der Waals surface area contributed by atoms with Crippen molar-refractivity contribution in [3.8, 4) is 5.75 Å². The van der Waals surface area contributed by atoms with Gasteiger partial charge in [0.1, 0.15) is 11.6 Å². The van der Waals surface area contributed by atoms with E-state index in [2.05, 4.69) is 11.1 Å². The maximum Gasteiger partial charge on any atom is 0.332 e. The van der Waals surface area contributed by atoms with Crippen molar-refractivity contribution in [1.82, 2.24) is 18.7 Å². The number of nitrogens with zero attached hydrogens (tertiary/aromatic N) is 4. The second kappa shape index (κ2) is 8.73. The maximum atomic E-state index is 13.0. The van der Waals surface area contributed by atoms with E-state index in [0.29, 0.717) is 36.5 Å². The molecule has 1 aromatic carbocycles. The number of ether oxygens (including phenoxy) is 1. The molecule has 0 amide bonds. The standard InChI is InChI=1S/C23H30N4O3/c1-7-11-26-21-20(22(28)27(12-8-2)23(26)29)25(5)19(24-21)10-9-17-13-16(4)18(30-6)14-15(17)3/h9-10,13-14H,7-8,11-12H2,1-6H3. The zero-order valence-corrected chi connectivity index (χ0v) is 18.7. The Kier molecular flexibility index (Phi) is 6.29. The normalized spacial score (nSPS) is 11.7. The van der Waals surface area contributed by atoms with E-state index in [1.54, 1.807) is 16.2 Å². The number of rotatable bonds is 7. The van der Waals surface area contributed by atoms with Gasteiger partial charge in [-0.15, -0.1) is 0 Å². The van der Waals surface area contributed by atoms with Crippen molar-refractivity contribution in [2.75, 3.05) is 7.11 Å². The minimum Gasteiger partial charge on any atom is -0.496 e.